The van der Waals surface area contributed by atoms with Crippen LogP contribution in [0.15, 0.2) is 29.2 Å². The summed E-state index contributed by atoms with van der Waals surface area (Å²) in [7, 11) is -2.44. The summed E-state index contributed by atoms with van der Waals surface area (Å²) < 4.78 is 26.7. The van der Waals surface area contributed by atoms with E-state index in [1.165, 1.54) is 19.2 Å². The molecule has 1 heterocycles. The molecule has 2 N–H and O–H groups in total. The fraction of sp³-hybridized carbons (Fsp3) is 0.385. The van der Waals surface area contributed by atoms with Crippen LogP contribution in [0.5, 0.6) is 0 Å². The van der Waals surface area contributed by atoms with E-state index in [2.05, 4.69) is 10.6 Å². The number of sulfonamides is 1. The Labute approximate surface area is 123 Å². The number of hydrogen-bond donors (Lipinski definition) is 2. The zero-order valence-electron chi connectivity index (χ0n) is 11.5. The number of hydrogen-bond acceptors (Lipinski definition) is 5. The highest BCUT2D eigenvalue weighted by Crippen LogP contribution is 2.22. The first kappa shape index (κ1) is 15.4. The van der Waals surface area contributed by atoms with E-state index in [1.807, 2.05) is 6.07 Å². The monoisotopic (exact) mass is 308 g/mol. The molecule has 1 saturated heterocycles. The average Bonchev–Trinajstić information content (AvgIpc) is 2.54. The maximum absolute atomic E-state index is 12.8. The van der Waals surface area contributed by atoms with Crippen molar-refractivity contribution in [3.05, 3.63) is 29.8 Å². The molecule has 1 amide bonds. The second-order valence-electron chi connectivity index (χ2n) is 4.56. The van der Waals surface area contributed by atoms with Crippen molar-refractivity contribution < 1.29 is 13.2 Å². The molecule has 0 aromatic heterocycles. The minimum Gasteiger partial charge on any atom is -0.358 e. The van der Waals surface area contributed by atoms with Gasteiger partial charge in [-0.2, -0.15) is 9.57 Å². The van der Waals surface area contributed by atoms with E-state index >= 15 is 0 Å². The molecule has 2 rings (SSSR count). The first-order valence-electron chi connectivity index (χ1n) is 6.45. The Morgan fingerprint density at radius 3 is 2.86 bits per heavy atom. The van der Waals surface area contributed by atoms with Crippen molar-refractivity contribution in [3.8, 4) is 6.07 Å². The maximum atomic E-state index is 12.8. The third kappa shape index (κ3) is 2.90. The molecule has 0 spiro atoms. The van der Waals surface area contributed by atoms with E-state index in [0.717, 1.165) is 4.31 Å². The van der Waals surface area contributed by atoms with Crippen LogP contribution in [0.25, 0.3) is 0 Å². The molecule has 1 aliphatic heterocycles. The van der Waals surface area contributed by atoms with Gasteiger partial charge >= 0.3 is 0 Å². The van der Waals surface area contributed by atoms with Gasteiger partial charge in [0.1, 0.15) is 12.1 Å². The second-order valence-corrected chi connectivity index (χ2v) is 6.42. The van der Waals surface area contributed by atoms with Gasteiger partial charge in [-0.05, 0) is 12.1 Å². The van der Waals surface area contributed by atoms with Gasteiger partial charge in [0, 0.05) is 26.7 Å². The molecule has 1 fully saturated rings. The predicted octanol–water partition coefficient (Wildman–Crippen LogP) is -0.733. The van der Waals surface area contributed by atoms with Gasteiger partial charge in [0.2, 0.25) is 15.9 Å². The summed E-state index contributed by atoms with van der Waals surface area (Å²) in [5.41, 5.74) is 0.0756. The largest absolute Gasteiger partial charge is 0.358 e. The fourth-order valence-electron chi connectivity index (χ4n) is 2.27. The minimum absolute atomic E-state index is 0.0664. The number of piperazine rings is 1. The van der Waals surface area contributed by atoms with Gasteiger partial charge in [0.05, 0.1) is 10.5 Å². The third-order valence-electron chi connectivity index (χ3n) is 3.34. The highest BCUT2D eigenvalue weighted by molar-refractivity contribution is 7.89. The summed E-state index contributed by atoms with van der Waals surface area (Å²) in [4.78, 5) is 11.8. The van der Waals surface area contributed by atoms with Crippen LogP contribution < -0.4 is 10.6 Å². The van der Waals surface area contributed by atoms with Crippen molar-refractivity contribution in [2.75, 3.05) is 26.7 Å². The number of nitrogens with zero attached hydrogens (tertiary/aromatic N) is 2. The number of carbonyl (C=O) groups is 1. The van der Waals surface area contributed by atoms with Gasteiger partial charge in [-0.25, -0.2) is 8.42 Å². The summed E-state index contributed by atoms with van der Waals surface area (Å²) >= 11 is 0. The van der Waals surface area contributed by atoms with Crippen LogP contribution in [0.1, 0.15) is 5.56 Å². The molecule has 0 saturated carbocycles. The van der Waals surface area contributed by atoms with Crippen LogP contribution >= 0.6 is 0 Å². The first-order chi connectivity index (χ1) is 10.0. The number of likely N-dealkylation sites (N-methyl/N-ethyl adjacent to an activating group) is 1. The van der Waals surface area contributed by atoms with Crippen molar-refractivity contribution in [2.45, 2.75) is 10.9 Å². The zero-order valence-corrected chi connectivity index (χ0v) is 12.4. The van der Waals surface area contributed by atoms with Crippen molar-refractivity contribution >= 4 is 15.9 Å². The number of rotatable bonds is 3. The van der Waals surface area contributed by atoms with Gasteiger partial charge < -0.3 is 10.6 Å². The smallest absolute Gasteiger partial charge is 0.245 e. The van der Waals surface area contributed by atoms with Gasteiger partial charge in [0.25, 0.3) is 0 Å². The molecule has 0 radical (unpaired) electrons. The Kier molecular flexibility index (Phi) is 4.57. The van der Waals surface area contributed by atoms with E-state index in [-0.39, 0.29) is 29.5 Å². The third-order valence-corrected chi connectivity index (χ3v) is 5.30. The highest BCUT2D eigenvalue weighted by Gasteiger charge is 2.38. The standard InChI is InChI=1S/C13H16N4O3S/c1-15-13(18)11-9-16-6-7-17(11)21(19,20)12-5-3-2-4-10(12)8-14/h2-5,11,16H,6-7,9H2,1H3,(H,15,18). The first-order valence-corrected chi connectivity index (χ1v) is 7.89. The lowest BCUT2D eigenvalue weighted by atomic mass is 10.2. The van der Waals surface area contributed by atoms with Gasteiger partial charge in [0.15, 0.2) is 0 Å². The molecular weight excluding hydrogens is 292 g/mol. The lowest BCUT2D eigenvalue weighted by molar-refractivity contribution is -0.124. The summed E-state index contributed by atoms with van der Waals surface area (Å²) in [6, 6.07) is 7.06. The van der Waals surface area contributed by atoms with Gasteiger partial charge in [-0.3, -0.25) is 4.79 Å². The van der Waals surface area contributed by atoms with Gasteiger partial charge in [-0.1, -0.05) is 12.1 Å². The number of carbonyl (C=O) groups excluding carboxylic acids is 1. The molecule has 1 atom stereocenters. The van der Waals surface area contributed by atoms with Crippen molar-refractivity contribution in [1.29, 1.82) is 5.26 Å². The zero-order chi connectivity index (χ0) is 15.5. The molecule has 21 heavy (non-hydrogen) atoms. The predicted molar refractivity (Wildman–Crippen MR) is 75.8 cm³/mol. The van der Waals surface area contributed by atoms with Crippen molar-refractivity contribution in [1.82, 2.24) is 14.9 Å². The second kappa shape index (κ2) is 6.22. The lowest BCUT2D eigenvalue weighted by Crippen LogP contribution is -2.59. The minimum atomic E-state index is -3.90. The Bertz CT molecular complexity index is 681. The summed E-state index contributed by atoms with van der Waals surface area (Å²) in [6.45, 7) is 0.884. The van der Waals surface area contributed by atoms with E-state index in [0.29, 0.717) is 6.54 Å². The molecule has 112 valence electrons. The molecular formula is C13H16N4O3S. The van der Waals surface area contributed by atoms with Crippen LogP contribution in [0, 0.1) is 11.3 Å². The van der Waals surface area contributed by atoms with E-state index in [9.17, 15) is 13.2 Å². The normalized spacial score (nSPS) is 19.7. The Morgan fingerprint density at radius 1 is 1.48 bits per heavy atom. The van der Waals surface area contributed by atoms with E-state index in [1.54, 1.807) is 12.1 Å². The molecule has 7 nitrogen and oxygen atoms in total. The van der Waals surface area contributed by atoms with E-state index < -0.39 is 16.1 Å². The van der Waals surface area contributed by atoms with Crippen molar-refractivity contribution in [3.63, 3.8) is 0 Å². The summed E-state index contributed by atoms with van der Waals surface area (Å²) in [6.07, 6.45) is 0. The molecule has 1 aromatic rings. The molecule has 1 aliphatic rings. The lowest BCUT2D eigenvalue weighted by Gasteiger charge is -2.33. The molecule has 8 heteroatoms. The fourth-order valence-corrected chi connectivity index (χ4v) is 4.01. The van der Waals surface area contributed by atoms with E-state index in [4.69, 9.17) is 5.26 Å². The van der Waals surface area contributed by atoms with Crippen LogP contribution in [-0.4, -0.2) is 51.4 Å². The molecule has 0 bridgehead atoms. The Hall–Kier alpha value is -1.95. The Balaban J connectivity index is 2.46. The van der Waals surface area contributed by atoms with Crippen LogP contribution in [0.3, 0.4) is 0 Å². The summed E-state index contributed by atoms with van der Waals surface area (Å²) in [5.74, 6) is -0.375. The summed E-state index contributed by atoms with van der Waals surface area (Å²) in [5, 5.41) is 14.5. The topological polar surface area (TPSA) is 102 Å². The maximum Gasteiger partial charge on any atom is 0.245 e. The van der Waals surface area contributed by atoms with Crippen LogP contribution in [0.2, 0.25) is 0 Å². The quantitative estimate of drug-likeness (QED) is 0.766. The van der Waals surface area contributed by atoms with Crippen molar-refractivity contribution in [2.24, 2.45) is 0 Å². The van der Waals surface area contributed by atoms with Gasteiger partial charge in [-0.15, -0.1) is 0 Å². The number of benzene rings is 1. The number of nitrogens with one attached hydrogen (secondary N) is 2. The highest BCUT2D eigenvalue weighted by atomic mass is 32.2. The number of nitriles is 1. The SMILES string of the molecule is CNC(=O)C1CNCCN1S(=O)(=O)c1ccccc1C#N. The van der Waals surface area contributed by atoms with Crippen LogP contribution in [0.4, 0.5) is 0 Å². The average molecular weight is 308 g/mol. The molecule has 1 unspecified atom stereocenters. The Morgan fingerprint density at radius 2 is 2.19 bits per heavy atom. The molecule has 1 aromatic carbocycles. The number of amides is 1. The van der Waals surface area contributed by atoms with Crippen LogP contribution in [-0.2, 0) is 14.8 Å². The molecule has 0 aliphatic carbocycles.